The molecule has 30 heavy (non-hydrogen) atoms. The summed E-state index contributed by atoms with van der Waals surface area (Å²) in [6.45, 7) is 3.74. The Bertz CT molecular complexity index is 975. The summed E-state index contributed by atoms with van der Waals surface area (Å²) in [5, 5.41) is 23.1. The second-order valence-corrected chi connectivity index (χ2v) is 7.03. The number of benzene rings is 1. The predicted octanol–water partition coefficient (Wildman–Crippen LogP) is 2.92. The number of hydrogen-bond acceptors (Lipinski definition) is 5. The SMILES string of the molecule is CC1CN(Cc2cc(F)cc(NC(=O)Nc3ccc(C#N)nc3)c2)CCN1C(=O)O. The van der Waals surface area contributed by atoms with Crippen LogP contribution in [0.1, 0.15) is 18.2 Å². The molecule has 1 atom stereocenters. The van der Waals surface area contributed by atoms with Gasteiger partial charge in [-0.2, -0.15) is 5.26 Å². The largest absolute Gasteiger partial charge is 0.465 e. The molecule has 1 saturated heterocycles. The first-order valence-electron chi connectivity index (χ1n) is 9.29. The molecule has 3 N–H and O–H groups in total. The molecule has 3 rings (SSSR count). The molecule has 156 valence electrons. The average Bonchev–Trinajstić information content (AvgIpc) is 2.67. The molecule has 1 aliphatic rings. The summed E-state index contributed by atoms with van der Waals surface area (Å²) in [6.07, 6.45) is 0.412. The predicted molar refractivity (Wildman–Crippen MR) is 107 cm³/mol. The molecule has 1 unspecified atom stereocenters. The zero-order valence-corrected chi connectivity index (χ0v) is 16.3. The smallest absolute Gasteiger partial charge is 0.407 e. The number of rotatable bonds is 4. The van der Waals surface area contributed by atoms with E-state index in [0.29, 0.717) is 43.1 Å². The van der Waals surface area contributed by atoms with Gasteiger partial charge in [-0.25, -0.2) is 19.0 Å². The monoisotopic (exact) mass is 412 g/mol. The lowest BCUT2D eigenvalue weighted by atomic mass is 10.1. The topological polar surface area (TPSA) is 122 Å². The fraction of sp³-hybridized carbons (Fsp3) is 0.300. The molecule has 1 aromatic heterocycles. The van der Waals surface area contributed by atoms with Crippen molar-refractivity contribution in [3.8, 4) is 6.07 Å². The van der Waals surface area contributed by atoms with Gasteiger partial charge in [0, 0.05) is 37.9 Å². The van der Waals surface area contributed by atoms with Gasteiger partial charge in [0.25, 0.3) is 0 Å². The Morgan fingerprint density at radius 1 is 1.27 bits per heavy atom. The fourth-order valence-electron chi connectivity index (χ4n) is 3.36. The number of anilines is 2. The van der Waals surface area contributed by atoms with Crippen molar-refractivity contribution < 1.29 is 19.1 Å². The summed E-state index contributed by atoms with van der Waals surface area (Å²) in [4.78, 5) is 30.7. The summed E-state index contributed by atoms with van der Waals surface area (Å²) in [5.74, 6) is -0.486. The third kappa shape index (κ3) is 5.42. The molecule has 2 heterocycles. The Hall–Kier alpha value is -3.71. The third-order valence-electron chi connectivity index (χ3n) is 4.71. The van der Waals surface area contributed by atoms with E-state index in [0.717, 1.165) is 0 Å². The molecule has 0 bridgehead atoms. The number of carbonyl (C=O) groups excluding carboxylic acids is 1. The van der Waals surface area contributed by atoms with Crippen molar-refractivity contribution in [1.82, 2.24) is 14.8 Å². The van der Waals surface area contributed by atoms with Gasteiger partial charge in [-0.3, -0.25) is 4.90 Å². The van der Waals surface area contributed by atoms with Gasteiger partial charge in [-0.05, 0) is 42.8 Å². The standard InChI is InChI=1S/C20H21FN6O3/c1-13-11-26(4-5-27(13)20(29)30)12-14-6-15(21)8-18(7-14)25-19(28)24-17-3-2-16(9-22)23-10-17/h2-3,6-8,10,13H,4-5,11-12H2,1H3,(H,29,30)(H2,24,25,28). The third-order valence-corrected chi connectivity index (χ3v) is 4.71. The maximum atomic E-state index is 14.1. The van der Waals surface area contributed by atoms with Gasteiger partial charge in [-0.15, -0.1) is 0 Å². The van der Waals surface area contributed by atoms with Crippen LogP contribution in [0.3, 0.4) is 0 Å². The lowest BCUT2D eigenvalue weighted by Crippen LogP contribution is -2.53. The molecule has 0 radical (unpaired) electrons. The molecule has 9 nitrogen and oxygen atoms in total. The lowest BCUT2D eigenvalue weighted by molar-refractivity contribution is 0.0711. The highest BCUT2D eigenvalue weighted by molar-refractivity contribution is 5.99. The van der Waals surface area contributed by atoms with Gasteiger partial charge in [0.2, 0.25) is 0 Å². The van der Waals surface area contributed by atoms with Gasteiger partial charge >= 0.3 is 12.1 Å². The Kier molecular flexibility index (Phi) is 6.44. The maximum Gasteiger partial charge on any atom is 0.407 e. The van der Waals surface area contributed by atoms with Crippen molar-refractivity contribution in [1.29, 1.82) is 5.26 Å². The number of aromatic nitrogens is 1. The van der Waals surface area contributed by atoms with E-state index in [1.165, 1.54) is 29.3 Å². The van der Waals surface area contributed by atoms with E-state index in [4.69, 9.17) is 10.4 Å². The highest BCUT2D eigenvalue weighted by Gasteiger charge is 2.27. The van der Waals surface area contributed by atoms with Crippen molar-refractivity contribution in [2.45, 2.75) is 19.5 Å². The fourth-order valence-corrected chi connectivity index (χ4v) is 3.36. The molecule has 1 aromatic carbocycles. The molecule has 1 fully saturated rings. The first-order chi connectivity index (χ1) is 14.3. The van der Waals surface area contributed by atoms with E-state index in [1.807, 2.05) is 17.9 Å². The van der Waals surface area contributed by atoms with Gasteiger partial charge in [0.05, 0.1) is 11.9 Å². The number of piperazine rings is 1. The number of pyridine rings is 1. The van der Waals surface area contributed by atoms with Gasteiger partial charge in [0.15, 0.2) is 0 Å². The number of nitriles is 1. The van der Waals surface area contributed by atoms with Crippen molar-refractivity contribution in [2.24, 2.45) is 0 Å². The van der Waals surface area contributed by atoms with Crippen LogP contribution < -0.4 is 10.6 Å². The van der Waals surface area contributed by atoms with E-state index in [1.54, 1.807) is 12.1 Å². The van der Waals surface area contributed by atoms with E-state index in [-0.39, 0.29) is 11.7 Å². The van der Waals surface area contributed by atoms with Crippen molar-refractivity contribution >= 4 is 23.5 Å². The molecule has 3 amide bonds. The molecule has 2 aromatic rings. The first kappa shape index (κ1) is 21.0. The number of carboxylic acid groups (broad SMARTS) is 1. The van der Waals surface area contributed by atoms with Crippen LogP contribution in [0, 0.1) is 17.1 Å². The summed E-state index contributed by atoms with van der Waals surface area (Å²) in [6, 6.07) is 8.45. The Morgan fingerprint density at radius 3 is 2.67 bits per heavy atom. The van der Waals surface area contributed by atoms with Crippen molar-refractivity contribution in [3.05, 3.63) is 53.6 Å². The number of amides is 3. The second-order valence-electron chi connectivity index (χ2n) is 7.03. The highest BCUT2D eigenvalue weighted by Crippen LogP contribution is 2.19. The summed E-state index contributed by atoms with van der Waals surface area (Å²) in [7, 11) is 0. The van der Waals surface area contributed by atoms with Gasteiger partial charge in [0.1, 0.15) is 17.6 Å². The molecule has 0 saturated carbocycles. The van der Waals surface area contributed by atoms with E-state index in [2.05, 4.69) is 15.6 Å². The summed E-state index contributed by atoms with van der Waals surface area (Å²) in [5.41, 5.74) is 1.59. The number of hydrogen-bond donors (Lipinski definition) is 3. The number of carbonyl (C=O) groups is 2. The first-order valence-corrected chi connectivity index (χ1v) is 9.29. The zero-order valence-electron chi connectivity index (χ0n) is 16.3. The molecule has 0 spiro atoms. The molecule has 10 heteroatoms. The quantitative estimate of drug-likeness (QED) is 0.710. The highest BCUT2D eigenvalue weighted by atomic mass is 19.1. The second kappa shape index (κ2) is 9.19. The van der Waals surface area contributed by atoms with Crippen molar-refractivity contribution in [3.63, 3.8) is 0 Å². The number of halogens is 1. The van der Waals surface area contributed by atoms with Crippen LogP contribution in [0.5, 0.6) is 0 Å². The Balaban J connectivity index is 1.61. The Labute approximate surface area is 172 Å². The normalized spacial score (nSPS) is 16.6. The molecular weight excluding hydrogens is 391 g/mol. The average molecular weight is 412 g/mol. The minimum absolute atomic E-state index is 0.158. The van der Waals surface area contributed by atoms with Crippen LogP contribution in [0.25, 0.3) is 0 Å². The number of nitrogens with zero attached hydrogens (tertiary/aromatic N) is 4. The number of urea groups is 1. The summed E-state index contributed by atoms with van der Waals surface area (Å²) < 4.78 is 14.1. The summed E-state index contributed by atoms with van der Waals surface area (Å²) >= 11 is 0. The van der Waals surface area contributed by atoms with E-state index >= 15 is 0 Å². The van der Waals surface area contributed by atoms with Crippen molar-refractivity contribution in [2.75, 3.05) is 30.3 Å². The Morgan fingerprint density at radius 2 is 2.03 bits per heavy atom. The van der Waals surface area contributed by atoms with Gasteiger partial charge < -0.3 is 20.6 Å². The van der Waals surface area contributed by atoms with Crippen LogP contribution in [-0.2, 0) is 6.54 Å². The molecule has 0 aliphatic carbocycles. The molecular formula is C20H21FN6O3. The zero-order chi connectivity index (χ0) is 21.7. The minimum atomic E-state index is -0.942. The minimum Gasteiger partial charge on any atom is -0.465 e. The van der Waals surface area contributed by atoms with Gasteiger partial charge in [-0.1, -0.05) is 0 Å². The van der Waals surface area contributed by atoms with E-state index < -0.39 is 17.9 Å². The van der Waals surface area contributed by atoms with Crippen LogP contribution in [0.4, 0.5) is 25.4 Å². The number of nitrogens with one attached hydrogen (secondary N) is 2. The van der Waals surface area contributed by atoms with Crippen LogP contribution in [-0.4, -0.2) is 57.7 Å². The maximum absolute atomic E-state index is 14.1. The van der Waals surface area contributed by atoms with Crippen LogP contribution in [0.2, 0.25) is 0 Å². The van der Waals surface area contributed by atoms with Crippen LogP contribution in [0.15, 0.2) is 36.5 Å². The molecule has 1 aliphatic heterocycles. The lowest BCUT2D eigenvalue weighted by Gasteiger charge is -2.38. The van der Waals surface area contributed by atoms with E-state index in [9.17, 15) is 14.0 Å². The van der Waals surface area contributed by atoms with Crippen LogP contribution >= 0.6 is 0 Å².